The van der Waals surface area contributed by atoms with E-state index in [1.807, 2.05) is 20.9 Å². The zero-order chi connectivity index (χ0) is 12.5. The summed E-state index contributed by atoms with van der Waals surface area (Å²) in [7, 11) is 1.88. The monoisotopic (exact) mass is 223 g/mol. The molecular formula is C12H21N3O. The van der Waals surface area contributed by atoms with Gasteiger partial charge < -0.3 is 5.32 Å². The van der Waals surface area contributed by atoms with Crippen LogP contribution in [-0.4, -0.2) is 15.7 Å². The zero-order valence-electron chi connectivity index (χ0n) is 11.0. The number of carbonyl (C=O) groups excluding carboxylic acids is 1. The van der Waals surface area contributed by atoms with Gasteiger partial charge in [0, 0.05) is 13.5 Å². The summed E-state index contributed by atoms with van der Waals surface area (Å²) in [6, 6.07) is 0. The lowest BCUT2D eigenvalue weighted by molar-refractivity contribution is -0.117. The van der Waals surface area contributed by atoms with Gasteiger partial charge in [0.2, 0.25) is 5.91 Å². The third-order valence-electron chi connectivity index (χ3n) is 2.46. The summed E-state index contributed by atoms with van der Waals surface area (Å²) >= 11 is 0. The molecule has 1 aromatic rings. The van der Waals surface area contributed by atoms with Gasteiger partial charge in [-0.15, -0.1) is 0 Å². The highest BCUT2D eigenvalue weighted by Gasteiger charge is 2.18. The lowest BCUT2D eigenvalue weighted by atomic mass is 9.92. The molecule has 0 aliphatic rings. The summed E-state index contributed by atoms with van der Waals surface area (Å²) in [6.45, 7) is 10.0. The van der Waals surface area contributed by atoms with Crippen LogP contribution in [0.15, 0.2) is 0 Å². The second-order valence-corrected chi connectivity index (χ2v) is 5.46. The van der Waals surface area contributed by atoms with Gasteiger partial charge in [-0.05, 0) is 19.3 Å². The Hall–Kier alpha value is -1.32. The van der Waals surface area contributed by atoms with E-state index in [0.29, 0.717) is 6.42 Å². The number of aromatic nitrogens is 2. The quantitative estimate of drug-likeness (QED) is 0.837. The summed E-state index contributed by atoms with van der Waals surface area (Å²) in [5.41, 5.74) is 2.70. The molecule has 4 nitrogen and oxygen atoms in total. The molecule has 16 heavy (non-hydrogen) atoms. The topological polar surface area (TPSA) is 46.9 Å². The van der Waals surface area contributed by atoms with Crippen molar-refractivity contribution in [1.82, 2.24) is 9.78 Å². The number of hydrogen-bond acceptors (Lipinski definition) is 2. The summed E-state index contributed by atoms with van der Waals surface area (Å²) < 4.78 is 1.78. The van der Waals surface area contributed by atoms with Gasteiger partial charge in [0.15, 0.2) is 0 Å². The largest absolute Gasteiger partial charge is 0.323 e. The van der Waals surface area contributed by atoms with E-state index in [0.717, 1.165) is 17.1 Å². The predicted octanol–water partition coefficient (Wildman–Crippen LogP) is 2.41. The van der Waals surface area contributed by atoms with E-state index in [9.17, 15) is 4.79 Å². The van der Waals surface area contributed by atoms with Crippen molar-refractivity contribution >= 4 is 11.6 Å². The molecule has 0 saturated heterocycles. The maximum atomic E-state index is 11.8. The van der Waals surface area contributed by atoms with E-state index < -0.39 is 0 Å². The Kier molecular flexibility index (Phi) is 3.41. The van der Waals surface area contributed by atoms with Crippen LogP contribution in [0.1, 0.15) is 38.6 Å². The Balaban J connectivity index is 2.78. The molecule has 0 aromatic carbocycles. The van der Waals surface area contributed by atoms with Gasteiger partial charge in [-0.1, -0.05) is 20.8 Å². The SMILES string of the molecule is Cc1nn(C)c(C)c1NC(=O)CC(C)(C)C. The first kappa shape index (κ1) is 12.7. The van der Waals surface area contributed by atoms with Gasteiger partial charge >= 0.3 is 0 Å². The van der Waals surface area contributed by atoms with Gasteiger partial charge in [0.25, 0.3) is 0 Å². The summed E-state index contributed by atoms with van der Waals surface area (Å²) in [6.07, 6.45) is 0.515. The first-order chi connectivity index (χ1) is 7.20. The predicted molar refractivity (Wildman–Crippen MR) is 65.4 cm³/mol. The van der Waals surface area contributed by atoms with Crippen molar-refractivity contribution < 1.29 is 4.79 Å². The molecule has 0 bridgehead atoms. The maximum absolute atomic E-state index is 11.8. The van der Waals surface area contributed by atoms with Crippen molar-refractivity contribution in [2.45, 2.75) is 41.0 Å². The van der Waals surface area contributed by atoms with Crippen molar-refractivity contribution in [1.29, 1.82) is 0 Å². The summed E-state index contributed by atoms with van der Waals surface area (Å²) in [5, 5.41) is 7.20. The number of carbonyl (C=O) groups is 1. The fourth-order valence-corrected chi connectivity index (χ4v) is 1.62. The van der Waals surface area contributed by atoms with Gasteiger partial charge in [0.1, 0.15) is 0 Å². The van der Waals surface area contributed by atoms with E-state index in [1.54, 1.807) is 4.68 Å². The molecule has 1 heterocycles. The van der Waals surface area contributed by atoms with Crippen molar-refractivity contribution in [2.75, 3.05) is 5.32 Å². The second-order valence-electron chi connectivity index (χ2n) is 5.46. The Morgan fingerprint density at radius 1 is 1.38 bits per heavy atom. The smallest absolute Gasteiger partial charge is 0.224 e. The van der Waals surface area contributed by atoms with Crippen LogP contribution in [0.2, 0.25) is 0 Å². The lowest BCUT2D eigenvalue weighted by Gasteiger charge is -2.17. The van der Waals surface area contributed by atoms with Crippen LogP contribution in [0, 0.1) is 19.3 Å². The van der Waals surface area contributed by atoms with Gasteiger partial charge in [-0.2, -0.15) is 5.10 Å². The van der Waals surface area contributed by atoms with Crippen LogP contribution >= 0.6 is 0 Å². The molecule has 0 radical (unpaired) electrons. The number of nitrogens with one attached hydrogen (secondary N) is 1. The minimum absolute atomic E-state index is 0.00804. The van der Waals surface area contributed by atoms with Crippen LogP contribution < -0.4 is 5.32 Å². The molecule has 0 fully saturated rings. The van der Waals surface area contributed by atoms with Crippen molar-refractivity contribution in [3.63, 3.8) is 0 Å². The Morgan fingerprint density at radius 3 is 2.31 bits per heavy atom. The maximum Gasteiger partial charge on any atom is 0.224 e. The number of aryl methyl sites for hydroxylation is 2. The molecule has 90 valence electrons. The van der Waals surface area contributed by atoms with Crippen LogP contribution in [-0.2, 0) is 11.8 Å². The standard InChI is InChI=1S/C12H21N3O/c1-8-11(9(2)15(6)14-8)13-10(16)7-12(3,4)5/h7H2,1-6H3,(H,13,16). The molecule has 0 atom stereocenters. The van der Waals surface area contributed by atoms with E-state index in [1.165, 1.54) is 0 Å². The van der Waals surface area contributed by atoms with Crippen molar-refractivity contribution in [3.8, 4) is 0 Å². The number of anilines is 1. The van der Waals surface area contributed by atoms with Crippen LogP contribution in [0.5, 0.6) is 0 Å². The third kappa shape index (κ3) is 3.08. The minimum atomic E-state index is 0.00804. The average Bonchev–Trinajstić information content (AvgIpc) is 2.29. The van der Waals surface area contributed by atoms with Crippen LogP contribution in [0.4, 0.5) is 5.69 Å². The average molecular weight is 223 g/mol. The molecule has 0 saturated carbocycles. The lowest BCUT2D eigenvalue weighted by Crippen LogP contribution is -2.20. The Labute approximate surface area is 97.0 Å². The fourth-order valence-electron chi connectivity index (χ4n) is 1.62. The first-order valence-corrected chi connectivity index (χ1v) is 5.51. The fraction of sp³-hybridized carbons (Fsp3) is 0.667. The minimum Gasteiger partial charge on any atom is -0.323 e. The van der Waals surface area contributed by atoms with Gasteiger partial charge in [-0.3, -0.25) is 9.48 Å². The summed E-state index contributed by atoms with van der Waals surface area (Å²) in [5.74, 6) is 0.0479. The first-order valence-electron chi connectivity index (χ1n) is 5.51. The summed E-state index contributed by atoms with van der Waals surface area (Å²) in [4.78, 5) is 11.8. The van der Waals surface area contributed by atoms with Gasteiger partial charge in [0.05, 0.1) is 17.1 Å². The Bertz CT molecular complexity index is 399. The molecular weight excluding hydrogens is 202 g/mol. The van der Waals surface area contributed by atoms with Gasteiger partial charge in [-0.25, -0.2) is 0 Å². The molecule has 1 rings (SSSR count). The van der Waals surface area contributed by atoms with Crippen molar-refractivity contribution in [3.05, 3.63) is 11.4 Å². The molecule has 0 aliphatic heterocycles. The normalized spacial score (nSPS) is 11.6. The van der Waals surface area contributed by atoms with Crippen LogP contribution in [0.3, 0.4) is 0 Å². The highest BCUT2D eigenvalue weighted by Crippen LogP contribution is 2.22. The molecule has 1 N–H and O–H groups in total. The number of rotatable bonds is 2. The molecule has 4 heteroatoms. The van der Waals surface area contributed by atoms with E-state index in [2.05, 4.69) is 31.2 Å². The zero-order valence-corrected chi connectivity index (χ0v) is 11.0. The number of amides is 1. The number of hydrogen-bond donors (Lipinski definition) is 1. The number of nitrogens with zero attached hydrogens (tertiary/aromatic N) is 2. The molecule has 0 unspecified atom stereocenters. The molecule has 0 spiro atoms. The molecule has 1 aromatic heterocycles. The molecule has 0 aliphatic carbocycles. The van der Waals surface area contributed by atoms with E-state index in [-0.39, 0.29) is 11.3 Å². The second kappa shape index (κ2) is 4.28. The highest BCUT2D eigenvalue weighted by molar-refractivity contribution is 5.92. The van der Waals surface area contributed by atoms with E-state index >= 15 is 0 Å². The van der Waals surface area contributed by atoms with Crippen molar-refractivity contribution in [2.24, 2.45) is 12.5 Å². The Morgan fingerprint density at radius 2 is 1.94 bits per heavy atom. The van der Waals surface area contributed by atoms with Crippen LogP contribution in [0.25, 0.3) is 0 Å². The highest BCUT2D eigenvalue weighted by atomic mass is 16.1. The molecule has 1 amide bonds. The third-order valence-corrected chi connectivity index (χ3v) is 2.46. The van der Waals surface area contributed by atoms with E-state index in [4.69, 9.17) is 0 Å².